The first kappa shape index (κ1) is 24.9. The first-order valence-electron chi connectivity index (χ1n) is 8.63. The predicted molar refractivity (Wildman–Crippen MR) is 115 cm³/mol. The lowest BCUT2D eigenvalue weighted by molar-refractivity contribution is 0.180. The minimum Gasteiger partial charge on any atom is -0.491 e. The molecule has 2 N–H and O–H groups in total. The Kier molecular flexibility index (Phi) is 14.3. The molecule has 0 bridgehead atoms. The molecule has 0 aromatic heterocycles. The summed E-state index contributed by atoms with van der Waals surface area (Å²) in [5.41, 5.74) is 0.834. The molecule has 8 heteroatoms. The van der Waals surface area contributed by atoms with Gasteiger partial charge < -0.3 is 25.0 Å². The number of nitrogens with one attached hydrogen (secondary N) is 2. The number of aliphatic imine (C=N–C) groups is 1. The van der Waals surface area contributed by atoms with E-state index in [0.717, 1.165) is 38.2 Å². The molecule has 0 fully saturated rings. The summed E-state index contributed by atoms with van der Waals surface area (Å²) in [6, 6.07) is 4.98. The van der Waals surface area contributed by atoms with Crippen molar-refractivity contribution in [1.29, 1.82) is 0 Å². The highest BCUT2D eigenvalue weighted by Gasteiger charge is 2.05. The zero-order valence-electron chi connectivity index (χ0n) is 16.2. The molecular weight excluding hydrogens is 450 g/mol. The Hall–Kier alpha value is -1.13. The lowest BCUT2D eigenvalue weighted by atomic mass is 10.2. The van der Waals surface area contributed by atoms with Crippen molar-refractivity contribution in [1.82, 2.24) is 15.5 Å². The summed E-state index contributed by atoms with van der Waals surface area (Å²) in [4.78, 5) is 6.42. The summed E-state index contributed by atoms with van der Waals surface area (Å²) in [5.74, 6) is 0.631. The van der Waals surface area contributed by atoms with E-state index in [-0.39, 0.29) is 35.5 Å². The van der Waals surface area contributed by atoms with Crippen molar-refractivity contribution in [3.8, 4) is 5.75 Å². The molecule has 0 saturated carbocycles. The molecule has 26 heavy (non-hydrogen) atoms. The number of hydrogen-bond donors (Lipinski definition) is 2. The van der Waals surface area contributed by atoms with Crippen molar-refractivity contribution in [3.05, 3.63) is 29.6 Å². The maximum Gasteiger partial charge on any atom is 0.191 e. The van der Waals surface area contributed by atoms with E-state index in [9.17, 15) is 4.39 Å². The molecule has 0 aliphatic heterocycles. The van der Waals surface area contributed by atoms with Crippen molar-refractivity contribution in [3.63, 3.8) is 0 Å². The number of ether oxygens (including phenoxy) is 2. The first-order valence-corrected chi connectivity index (χ1v) is 8.63. The fourth-order valence-electron chi connectivity index (χ4n) is 2.29. The number of guanidine groups is 1. The second-order valence-electron chi connectivity index (χ2n) is 5.70. The maximum atomic E-state index is 13.8. The van der Waals surface area contributed by atoms with E-state index in [2.05, 4.69) is 27.6 Å². The van der Waals surface area contributed by atoms with Gasteiger partial charge in [0.1, 0.15) is 0 Å². The minimum absolute atomic E-state index is 0. The number of rotatable bonds is 11. The molecule has 0 atom stereocenters. The van der Waals surface area contributed by atoms with Crippen LogP contribution >= 0.6 is 24.0 Å². The molecule has 0 aliphatic rings. The maximum absolute atomic E-state index is 13.8. The number of likely N-dealkylation sites (N-methyl/N-ethyl adjacent to an activating group) is 1. The second kappa shape index (κ2) is 15.0. The van der Waals surface area contributed by atoms with Crippen molar-refractivity contribution in [2.24, 2.45) is 4.99 Å². The second-order valence-corrected chi connectivity index (χ2v) is 5.70. The van der Waals surface area contributed by atoms with Gasteiger partial charge in [0.25, 0.3) is 0 Å². The third kappa shape index (κ3) is 10.1. The normalized spacial score (nSPS) is 11.2. The fraction of sp³-hybridized carbons (Fsp3) is 0.611. The Morgan fingerprint density at radius 3 is 2.65 bits per heavy atom. The van der Waals surface area contributed by atoms with E-state index in [0.29, 0.717) is 19.1 Å². The van der Waals surface area contributed by atoms with Crippen LogP contribution in [-0.2, 0) is 11.3 Å². The number of halogens is 2. The molecule has 1 aromatic carbocycles. The molecule has 0 unspecified atom stereocenters. The quantitative estimate of drug-likeness (QED) is 0.220. The number of methoxy groups -OCH3 is 1. The van der Waals surface area contributed by atoms with Crippen molar-refractivity contribution < 1.29 is 13.9 Å². The molecule has 0 spiro atoms. The summed E-state index contributed by atoms with van der Waals surface area (Å²) < 4.78 is 24.1. The van der Waals surface area contributed by atoms with E-state index >= 15 is 0 Å². The highest BCUT2D eigenvalue weighted by atomic mass is 127. The summed E-state index contributed by atoms with van der Waals surface area (Å²) in [5, 5.41) is 6.44. The van der Waals surface area contributed by atoms with Gasteiger partial charge in [-0.3, -0.25) is 4.99 Å². The summed E-state index contributed by atoms with van der Waals surface area (Å²) in [6.07, 6.45) is 1.02. The Morgan fingerprint density at radius 1 is 1.27 bits per heavy atom. The zero-order chi connectivity index (χ0) is 18.5. The lowest BCUT2D eigenvalue weighted by Crippen LogP contribution is -2.40. The Morgan fingerprint density at radius 2 is 2.04 bits per heavy atom. The average molecular weight is 482 g/mol. The van der Waals surface area contributed by atoms with E-state index in [1.54, 1.807) is 20.2 Å². The van der Waals surface area contributed by atoms with E-state index in [4.69, 9.17) is 9.47 Å². The Balaban J connectivity index is 0.00000625. The van der Waals surface area contributed by atoms with Gasteiger partial charge in [0.15, 0.2) is 17.5 Å². The standard InChI is InChI=1S/C18H31FN4O2.HI/c1-5-25-17-8-7-15(13-16(17)19)14-22-18(20-2)21-9-11-23(3)10-6-12-24-4;/h7-8,13H,5-6,9-12,14H2,1-4H3,(H2,20,21,22);1H. The average Bonchev–Trinajstić information content (AvgIpc) is 2.60. The molecule has 6 nitrogen and oxygen atoms in total. The molecule has 0 aliphatic carbocycles. The van der Waals surface area contributed by atoms with Crippen molar-refractivity contribution >= 4 is 29.9 Å². The number of benzene rings is 1. The van der Waals surface area contributed by atoms with E-state index in [1.807, 2.05) is 13.0 Å². The molecule has 0 saturated heterocycles. The molecule has 0 heterocycles. The number of nitrogens with zero attached hydrogens (tertiary/aromatic N) is 2. The monoisotopic (exact) mass is 482 g/mol. The lowest BCUT2D eigenvalue weighted by Gasteiger charge is -2.18. The third-order valence-corrected chi connectivity index (χ3v) is 3.65. The van der Waals surface area contributed by atoms with Crippen LogP contribution < -0.4 is 15.4 Å². The molecular formula is C18H32FIN4O2. The van der Waals surface area contributed by atoms with Crippen LogP contribution in [0.25, 0.3) is 0 Å². The van der Waals surface area contributed by atoms with Crippen LogP contribution in [0.15, 0.2) is 23.2 Å². The molecule has 0 radical (unpaired) electrons. The van der Waals surface area contributed by atoms with Gasteiger partial charge in [-0.2, -0.15) is 0 Å². The topological polar surface area (TPSA) is 58.1 Å². The van der Waals surface area contributed by atoms with Gasteiger partial charge in [-0.05, 0) is 38.1 Å². The van der Waals surface area contributed by atoms with Gasteiger partial charge in [-0.1, -0.05) is 6.07 Å². The zero-order valence-corrected chi connectivity index (χ0v) is 18.5. The van der Waals surface area contributed by atoms with Crippen LogP contribution in [0, 0.1) is 5.82 Å². The Labute approximate surface area is 173 Å². The predicted octanol–water partition coefficient (Wildman–Crippen LogP) is 2.48. The Bertz CT molecular complexity index is 532. The van der Waals surface area contributed by atoms with Crippen molar-refractivity contribution in [2.75, 3.05) is 54.1 Å². The third-order valence-electron chi connectivity index (χ3n) is 3.65. The van der Waals surface area contributed by atoms with Crippen LogP contribution in [0.5, 0.6) is 5.75 Å². The van der Waals surface area contributed by atoms with E-state index in [1.165, 1.54) is 6.07 Å². The van der Waals surface area contributed by atoms with Crippen LogP contribution in [0.4, 0.5) is 4.39 Å². The highest BCUT2D eigenvalue weighted by Crippen LogP contribution is 2.18. The molecule has 150 valence electrons. The molecule has 0 amide bonds. The van der Waals surface area contributed by atoms with Gasteiger partial charge in [0, 0.05) is 46.9 Å². The van der Waals surface area contributed by atoms with Crippen LogP contribution in [0.2, 0.25) is 0 Å². The van der Waals surface area contributed by atoms with Gasteiger partial charge in [0.2, 0.25) is 0 Å². The van der Waals surface area contributed by atoms with Crippen LogP contribution in [-0.4, -0.2) is 64.9 Å². The van der Waals surface area contributed by atoms with Crippen LogP contribution in [0.3, 0.4) is 0 Å². The van der Waals surface area contributed by atoms with E-state index < -0.39 is 0 Å². The first-order chi connectivity index (χ1) is 12.1. The van der Waals surface area contributed by atoms with Crippen molar-refractivity contribution in [2.45, 2.75) is 19.9 Å². The molecule has 1 aromatic rings. The van der Waals surface area contributed by atoms with Crippen LogP contribution in [0.1, 0.15) is 18.9 Å². The fourth-order valence-corrected chi connectivity index (χ4v) is 2.29. The number of hydrogen-bond acceptors (Lipinski definition) is 4. The minimum atomic E-state index is -0.346. The van der Waals surface area contributed by atoms with Gasteiger partial charge >= 0.3 is 0 Å². The largest absolute Gasteiger partial charge is 0.491 e. The van der Waals surface area contributed by atoms with Gasteiger partial charge in [-0.15, -0.1) is 24.0 Å². The SMILES string of the molecule is CCOc1ccc(CNC(=NC)NCCN(C)CCCOC)cc1F.I. The van der Waals surface area contributed by atoms with Gasteiger partial charge in [0.05, 0.1) is 6.61 Å². The highest BCUT2D eigenvalue weighted by molar-refractivity contribution is 14.0. The molecule has 1 rings (SSSR count). The van der Waals surface area contributed by atoms with Gasteiger partial charge in [-0.25, -0.2) is 4.39 Å². The smallest absolute Gasteiger partial charge is 0.191 e. The summed E-state index contributed by atoms with van der Waals surface area (Å²) >= 11 is 0. The summed E-state index contributed by atoms with van der Waals surface area (Å²) in [7, 11) is 5.51. The summed E-state index contributed by atoms with van der Waals surface area (Å²) in [6.45, 7) is 6.23.